The number of amides is 1. The summed E-state index contributed by atoms with van der Waals surface area (Å²) in [6.45, 7) is 5.13. The lowest BCUT2D eigenvalue weighted by atomic mass is 10.2. The minimum Gasteiger partial charge on any atom is -0.368 e. The van der Waals surface area contributed by atoms with E-state index >= 15 is 0 Å². The first-order valence-electron chi connectivity index (χ1n) is 6.46. The van der Waals surface area contributed by atoms with Crippen LogP contribution < -0.4 is 10.6 Å². The van der Waals surface area contributed by atoms with E-state index in [1.165, 1.54) is 26.1 Å². The zero-order valence-corrected chi connectivity index (χ0v) is 13.3. The molecule has 1 heterocycles. The van der Waals surface area contributed by atoms with Gasteiger partial charge in [-0.25, -0.2) is 17.8 Å². The van der Waals surface area contributed by atoms with Crippen molar-refractivity contribution in [2.45, 2.75) is 25.5 Å². The van der Waals surface area contributed by atoms with Crippen LogP contribution in [0.25, 0.3) is 0 Å². The number of aromatic nitrogens is 1. The highest BCUT2D eigenvalue weighted by Crippen LogP contribution is 2.16. The topological polar surface area (TPSA) is 88.2 Å². The van der Waals surface area contributed by atoms with Gasteiger partial charge < -0.3 is 10.6 Å². The number of hydrogen-bond acceptors (Lipinski definition) is 5. The molecule has 0 spiro atoms. The third-order valence-electron chi connectivity index (χ3n) is 3.16. The second-order valence-electron chi connectivity index (χ2n) is 5.27. The highest BCUT2D eigenvalue weighted by Gasteiger charge is 2.31. The molecule has 0 fully saturated rings. The molecule has 1 aromatic heterocycles. The summed E-state index contributed by atoms with van der Waals surface area (Å²) < 4.78 is 36.1. The van der Waals surface area contributed by atoms with Gasteiger partial charge in [-0.1, -0.05) is 0 Å². The van der Waals surface area contributed by atoms with Crippen LogP contribution in [0.15, 0.2) is 12.3 Å². The molecule has 0 saturated carbocycles. The van der Waals surface area contributed by atoms with Gasteiger partial charge >= 0.3 is 0 Å². The highest BCUT2D eigenvalue weighted by atomic mass is 32.2. The van der Waals surface area contributed by atoms with E-state index in [-0.39, 0.29) is 17.9 Å². The molecular formula is C13H20FN3O3S. The van der Waals surface area contributed by atoms with E-state index in [0.29, 0.717) is 6.54 Å². The minimum absolute atomic E-state index is 0.00692. The summed E-state index contributed by atoms with van der Waals surface area (Å²) in [6, 6.07) is 1.25. The van der Waals surface area contributed by atoms with E-state index in [1.807, 2.05) is 0 Å². The van der Waals surface area contributed by atoms with Gasteiger partial charge in [0.1, 0.15) is 0 Å². The summed E-state index contributed by atoms with van der Waals surface area (Å²) in [4.78, 5) is 15.8. The molecule has 1 aromatic rings. The molecule has 0 radical (unpaired) electrons. The average Bonchev–Trinajstić information content (AvgIpc) is 2.37. The second kappa shape index (κ2) is 6.38. The van der Waals surface area contributed by atoms with Gasteiger partial charge in [-0.05, 0) is 26.8 Å². The van der Waals surface area contributed by atoms with Crippen LogP contribution in [0.5, 0.6) is 0 Å². The Hall–Kier alpha value is -1.70. The molecule has 0 aliphatic carbocycles. The number of rotatable bonds is 6. The predicted octanol–water partition coefficient (Wildman–Crippen LogP) is 1.21. The third kappa shape index (κ3) is 4.13. The fourth-order valence-corrected chi connectivity index (χ4v) is 1.76. The van der Waals surface area contributed by atoms with Crippen LogP contribution in [-0.4, -0.2) is 43.4 Å². The van der Waals surface area contributed by atoms with Gasteiger partial charge in [0.05, 0.1) is 10.3 Å². The van der Waals surface area contributed by atoms with Crippen molar-refractivity contribution in [1.82, 2.24) is 10.3 Å². The first kappa shape index (κ1) is 17.4. The van der Waals surface area contributed by atoms with Gasteiger partial charge in [-0.15, -0.1) is 0 Å². The van der Waals surface area contributed by atoms with E-state index in [2.05, 4.69) is 15.6 Å². The average molecular weight is 317 g/mol. The molecular weight excluding hydrogens is 297 g/mol. The number of nitrogens with one attached hydrogen (secondary N) is 2. The molecule has 1 amide bonds. The predicted molar refractivity (Wildman–Crippen MR) is 79.6 cm³/mol. The zero-order chi connectivity index (χ0) is 16.3. The summed E-state index contributed by atoms with van der Waals surface area (Å²) >= 11 is 0. The maximum Gasteiger partial charge on any atom is 0.254 e. The number of sulfone groups is 1. The summed E-state index contributed by atoms with van der Waals surface area (Å²) in [7, 11) is -3.34. The SMILES string of the molecule is CCNc1nccc(C(=O)NCC(C)(C)S(C)(=O)=O)c1F. The van der Waals surface area contributed by atoms with Crippen LogP contribution >= 0.6 is 0 Å². The third-order valence-corrected chi connectivity index (χ3v) is 5.31. The number of nitrogens with zero attached hydrogens (tertiary/aromatic N) is 1. The number of pyridine rings is 1. The van der Waals surface area contributed by atoms with Gasteiger partial charge in [-0.3, -0.25) is 4.79 Å². The summed E-state index contributed by atoms with van der Waals surface area (Å²) in [5.41, 5.74) is -0.176. The smallest absolute Gasteiger partial charge is 0.254 e. The molecule has 0 bridgehead atoms. The number of hydrogen-bond donors (Lipinski definition) is 2. The Morgan fingerprint density at radius 2 is 2.05 bits per heavy atom. The van der Waals surface area contributed by atoms with Crippen LogP contribution in [0.2, 0.25) is 0 Å². The van der Waals surface area contributed by atoms with Gasteiger partial charge in [0, 0.05) is 25.5 Å². The fourth-order valence-electron chi connectivity index (χ4n) is 1.43. The Morgan fingerprint density at radius 1 is 1.43 bits per heavy atom. The molecule has 0 aliphatic heterocycles. The first-order valence-corrected chi connectivity index (χ1v) is 8.35. The van der Waals surface area contributed by atoms with Crippen molar-refractivity contribution in [1.29, 1.82) is 0 Å². The van der Waals surface area contributed by atoms with Crippen molar-refractivity contribution in [2.75, 3.05) is 24.7 Å². The van der Waals surface area contributed by atoms with E-state index in [1.54, 1.807) is 6.92 Å². The zero-order valence-electron chi connectivity index (χ0n) is 12.5. The quantitative estimate of drug-likeness (QED) is 0.823. The van der Waals surface area contributed by atoms with Crippen molar-refractivity contribution < 1.29 is 17.6 Å². The molecule has 0 saturated heterocycles. The van der Waals surface area contributed by atoms with Crippen molar-refractivity contribution in [2.24, 2.45) is 0 Å². The summed E-state index contributed by atoms with van der Waals surface area (Å²) in [5.74, 6) is -1.44. The van der Waals surface area contributed by atoms with Gasteiger partial charge in [0.2, 0.25) is 0 Å². The molecule has 2 N–H and O–H groups in total. The lowest BCUT2D eigenvalue weighted by Gasteiger charge is -2.22. The Bertz CT molecular complexity index is 630. The van der Waals surface area contributed by atoms with Crippen LogP contribution in [0.1, 0.15) is 31.1 Å². The number of anilines is 1. The molecule has 0 atom stereocenters. The summed E-state index contributed by atoms with van der Waals surface area (Å²) in [5, 5.41) is 5.15. The fraction of sp³-hybridized carbons (Fsp3) is 0.538. The van der Waals surface area contributed by atoms with Crippen molar-refractivity contribution >= 4 is 21.6 Å². The number of halogens is 1. The van der Waals surface area contributed by atoms with Crippen LogP contribution in [-0.2, 0) is 9.84 Å². The Morgan fingerprint density at radius 3 is 2.57 bits per heavy atom. The summed E-state index contributed by atoms with van der Waals surface area (Å²) in [6.07, 6.45) is 2.41. The molecule has 6 nitrogen and oxygen atoms in total. The lowest BCUT2D eigenvalue weighted by molar-refractivity contribution is 0.0946. The molecule has 1 rings (SSSR count). The standard InChI is InChI=1S/C13H20FN3O3S/c1-5-15-11-10(14)9(6-7-16-11)12(18)17-8-13(2,3)21(4,19)20/h6-7H,5,8H2,1-4H3,(H,15,16)(H,17,18). The van der Waals surface area contributed by atoms with E-state index < -0.39 is 26.3 Å². The molecule has 8 heteroatoms. The Labute approximate surface area is 124 Å². The maximum atomic E-state index is 14.1. The van der Waals surface area contributed by atoms with E-state index in [4.69, 9.17) is 0 Å². The van der Waals surface area contributed by atoms with E-state index in [9.17, 15) is 17.6 Å². The Kier molecular flexibility index (Phi) is 5.27. The highest BCUT2D eigenvalue weighted by molar-refractivity contribution is 7.92. The molecule has 0 unspecified atom stereocenters. The molecule has 0 aromatic carbocycles. The molecule has 0 aliphatic rings. The van der Waals surface area contributed by atoms with Crippen molar-refractivity contribution in [3.05, 3.63) is 23.6 Å². The number of carbonyl (C=O) groups is 1. The van der Waals surface area contributed by atoms with Crippen LogP contribution in [0.4, 0.5) is 10.2 Å². The van der Waals surface area contributed by atoms with Gasteiger partial charge in [0.25, 0.3) is 5.91 Å². The molecule has 21 heavy (non-hydrogen) atoms. The second-order valence-corrected chi connectivity index (χ2v) is 7.92. The van der Waals surface area contributed by atoms with Crippen molar-refractivity contribution in [3.63, 3.8) is 0 Å². The lowest BCUT2D eigenvalue weighted by Crippen LogP contribution is -2.44. The number of carbonyl (C=O) groups excluding carboxylic acids is 1. The van der Waals surface area contributed by atoms with E-state index in [0.717, 1.165) is 6.26 Å². The van der Waals surface area contributed by atoms with Gasteiger partial charge in [-0.2, -0.15) is 0 Å². The largest absolute Gasteiger partial charge is 0.368 e. The normalized spacial score (nSPS) is 12.0. The minimum atomic E-state index is -3.34. The Balaban J connectivity index is 2.89. The molecule has 118 valence electrons. The first-order chi connectivity index (χ1) is 9.60. The maximum absolute atomic E-state index is 14.1. The van der Waals surface area contributed by atoms with Crippen LogP contribution in [0, 0.1) is 5.82 Å². The van der Waals surface area contributed by atoms with Crippen LogP contribution in [0.3, 0.4) is 0 Å². The monoisotopic (exact) mass is 317 g/mol. The van der Waals surface area contributed by atoms with Gasteiger partial charge in [0.15, 0.2) is 21.5 Å². The van der Waals surface area contributed by atoms with Crippen molar-refractivity contribution in [3.8, 4) is 0 Å².